The Morgan fingerprint density at radius 1 is 1.27 bits per heavy atom. The van der Waals surface area contributed by atoms with Gasteiger partial charge in [-0.05, 0) is 38.3 Å². The lowest BCUT2D eigenvalue weighted by Gasteiger charge is -2.31. The molecule has 1 saturated heterocycles. The van der Waals surface area contributed by atoms with Gasteiger partial charge in [-0.3, -0.25) is 14.0 Å². The summed E-state index contributed by atoms with van der Waals surface area (Å²) in [5, 5.41) is 0. The van der Waals surface area contributed by atoms with Gasteiger partial charge >= 0.3 is 5.97 Å². The number of methoxy groups -OCH3 is 1. The predicted octanol–water partition coefficient (Wildman–Crippen LogP) is 2.32. The first-order chi connectivity index (χ1) is 12.6. The molecule has 0 bridgehead atoms. The molecule has 7 nitrogen and oxygen atoms in total. The largest absolute Gasteiger partial charge is 0.493 e. The number of pyridine rings is 1. The summed E-state index contributed by atoms with van der Waals surface area (Å²) in [5.41, 5.74) is 1.99. The van der Waals surface area contributed by atoms with Gasteiger partial charge in [0.05, 0.1) is 25.3 Å². The van der Waals surface area contributed by atoms with Crippen LogP contribution in [0.3, 0.4) is 0 Å². The van der Waals surface area contributed by atoms with Gasteiger partial charge < -0.3 is 14.4 Å². The summed E-state index contributed by atoms with van der Waals surface area (Å²) in [6.45, 7) is 5.27. The fourth-order valence-electron chi connectivity index (χ4n) is 3.45. The zero-order valence-electron chi connectivity index (χ0n) is 15.5. The van der Waals surface area contributed by atoms with E-state index in [9.17, 15) is 9.59 Å². The van der Waals surface area contributed by atoms with Crippen LogP contribution >= 0.6 is 0 Å². The molecule has 7 heteroatoms. The zero-order chi connectivity index (χ0) is 18.7. The minimum atomic E-state index is -0.159. The topological polar surface area (TPSA) is 73.1 Å². The van der Waals surface area contributed by atoms with Gasteiger partial charge in [0, 0.05) is 19.3 Å². The minimum absolute atomic E-state index is 0.0510. The number of carbonyl (C=O) groups excluding carboxylic acids is 2. The Morgan fingerprint density at radius 3 is 2.62 bits per heavy atom. The highest BCUT2D eigenvalue weighted by atomic mass is 16.5. The SMILES string of the molecule is CCOC(=O)C1CCN(C(=O)c2c(CC)nc3c(OC)cccn23)CC1. The summed E-state index contributed by atoms with van der Waals surface area (Å²) in [4.78, 5) is 31.5. The van der Waals surface area contributed by atoms with Crippen LogP contribution in [-0.2, 0) is 16.0 Å². The van der Waals surface area contributed by atoms with Crippen molar-refractivity contribution >= 4 is 17.5 Å². The quantitative estimate of drug-likeness (QED) is 0.766. The number of nitrogens with zero attached hydrogens (tertiary/aromatic N) is 3. The average Bonchev–Trinajstić information content (AvgIpc) is 3.06. The lowest BCUT2D eigenvalue weighted by molar-refractivity contribution is -0.149. The van der Waals surface area contributed by atoms with E-state index in [1.807, 2.05) is 32.2 Å². The van der Waals surface area contributed by atoms with Crippen LogP contribution in [0, 0.1) is 5.92 Å². The third-order valence-corrected chi connectivity index (χ3v) is 4.85. The van der Waals surface area contributed by atoms with E-state index in [4.69, 9.17) is 9.47 Å². The molecular formula is C19H25N3O4. The number of esters is 1. The lowest BCUT2D eigenvalue weighted by Crippen LogP contribution is -2.41. The molecule has 1 amide bonds. The van der Waals surface area contributed by atoms with E-state index >= 15 is 0 Å². The van der Waals surface area contributed by atoms with Crippen molar-refractivity contribution in [2.75, 3.05) is 26.8 Å². The van der Waals surface area contributed by atoms with Crippen LogP contribution in [0.15, 0.2) is 18.3 Å². The molecule has 2 aromatic rings. The van der Waals surface area contributed by atoms with E-state index in [2.05, 4.69) is 4.98 Å². The van der Waals surface area contributed by atoms with Crippen LogP contribution in [0.2, 0.25) is 0 Å². The number of hydrogen-bond donors (Lipinski definition) is 0. The molecular weight excluding hydrogens is 334 g/mol. The van der Waals surface area contributed by atoms with Gasteiger partial charge in [0.15, 0.2) is 11.4 Å². The molecule has 1 aliphatic rings. The Labute approximate surface area is 152 Å². The van der Waals surface area contributed by atoms with Crippen LogP contribution in [0.4, 0.5) is 0 Å². The highest BCUT2D eigenvalue weighted by Gasteiger charge is 2.31. The van der Waals surface area contributed by atoms with Crippen molar-refractivity contribution in [3.8, 4) is 5.75 Å². The molecule has 0 saturated carbocycles. The first-order valence-electron chi connectivity index (χ1n) is 9.10. The smallest absolute Gasteiger partial charge is 0.309 e. The van der Waals surface area contributed by atoms with Crippen LogP contribution in [0.5, 0.6) is 5.75 Å². The van der Waals surface area contributed by atoms with Crippen LogP contribution in [-0.4, -0.2) is 53.0 Å². The molecule has 0 radical (unpaired) electrons. The number of hydrogen-bond acceptors (Lipinski definition) is 5. The van der Waals surface area contributed by atoms with Crippen molar-refractivity contribution < 1.29 is 19.1 Å². The Morgan fingerprint density at radius 2 is 2.00 bits per heavy atom. The second-order valence-corrected chi connectivity index (χ2v) is 6.35. The summed E-state index contributed by atoms with van der Waals surface area (Å²) in [6.07, 6.45) is 3.76. The van der Waals surface area contributed by atoms with Gasteiger partial charge in [-0.25, -0.2) is 4.98 Å². The number of fused-ring (bicyclic) bond motifs is 1. The third-order valence-electron chi connectivity index (χ3n) is 4.85. The highest BCUT2D eigenvalue weighted by Crippen LogP contribution is 2.25. The molecule has 1 aliphatic heterocycles. The van der Waals surface area contributed by atoms with E-state index in [-0.39, 0.29) is 17.8 Å². The number of carbonyl (C=O) groups is 2. The summed E-state index contributed by atoms with van der Waals surface area (Å²) < 4.78 is 12.3. The number of rotatable bonds is 5. The molecule has 140 valence electrons. The van der Waals surface area contributed by atoms with Crippen molar-refractivity contribution in [2.24, 2.45) is 5.92 Å². The normalized spacial score (nSPS) is 15.3. The molecule has 0 aromatic carbocycles. The predicted molar refractivity (Wildman–Crippen MR) is 96.4 cm³/mol. The zero-order valence-corrected chi connectivity index (χ0v) is 15.5. The van der Waals surface area contributed by atoms with Crippen molar-refractivity contribution in [1.29, 1.82) is 0 Å². The third kappa shape index (κ3) is 3.25. The van der Waals surface area contributed by atoms with Crippen molar-refractivity contribution in [3.63, 3.8) is 0 Å². The maximum Gasteiger partial charge on any atom is 0.309 e. The maximum absolute atomic E-state index is 13.2. The highest BCUT2D eigenvalue weighted by molar-refractivity contribution is 5.95. The number of ether oxygens (including phenoxy) is 2. The number of likely N-dealkylation sites (tertiary alicyclic amines) is 1. The molecule has 0 atom stereocenters. The van der Waals surface area contributed by atoms with E-state index in [1.165, 1.54) is 0 Å². The van der Waals surface area contributed by atoms with Gasteiger partial charge in [-0.1, -0.05) is 6.92 Å². The van der Waals surface area contributed by atoms with E-state index in [1.54, 1.807) is 16.4 Å². The van der Waals surface area contributed by atoms with Crippen molar-refractivity contribution in [2.45, 2.75) is 33.1 Å². The summed E-state index contributed by atoms with van der Waals surface area (Å²) >= 11 is 0. The Hall–Kier alpha value is -2.57. The molecule has 3 heterocycles. The molecule has 26 heavy (non-hydrogen) atoms. The Balaban J connectivity index is 1.84. The minimum Gasteiger partial charge on any atom is -0.493 e. The molecule has 1 fully saturated rings. The number of aromatic nitrogens is 2. The van der Waals surface area contributed by atoms with Gasteiger partial charge in [-0.2, -0.15) is 0 Å². The van der Waals surface area contributed by atoms with Gasteiger partial charge in [0.25, 0.3) is 5.91 Å². The standard InChI is InChI=1S/C19H25N3O4/c1-4-14-16(22-10-6-7-15(25-3)17(22)20-14)18(23)21-11-8-13(9-12-21)19(24)26-5-2/h6-7,10,13H,4-5,8-9,11-12H2,1-3H3. The first-order valence-corrected chi connectivity index (χ1v) is 9.10. The monoisotopic (exact) mass is 359 g/mol. The first kappa shape index (κ1) is 18.2. The molecule has 2 aromatic heterocycles. The number of imidazole rings is 1. The Bertz CT molecular complexity index is 806. The number of amides is 1. The molecule has 0 N–H and O–H groups in total. The second-order valence-electron chi connectivity index (χ2n) is 6.35. The number of aryl methyl sites for hydroxylation is 1. The van der Waals surface area contributed by atoms with E-state index < -0.39 is 0 Å². The fourth-order valence-corrected chi connectivity index (χ4v) is 3.45. The summed E-state index contributed by atoms with van der Waals surface area (Å²) in [7, 11) is 1.59. The van der Waals surface area contributed by atoms with Gasteiger partial charge in [0.1, 0.15) is 5.69 Å². The lowest BCUT2D eigenvalue weighted by atomic mass is 9.96. The summed E-state index contributed by atoms with van der Waals surface area (Å²) in [6, 6.07) is 3.68. The average molecular weight is 359 g/mol. The van der Waals surface area contributed by atoms with Gasteiger partial charge in [-0.15, -0.1) is 0 Å². The van der Waals surface area contributed by atoms with Crippen LogP contribution in [0.1, 0.15) is 42.9 Å². The van der Waals surface area contributed by atoms with E-state index in [0.29, 0.717) is 56.0 Å². The molecule has 0 spiro atoms. The number of piperidine rings is 1. The van der Waals surface area contributed by atoms with Crippen molar-refractivity contribution in [3.05, 3.63) is 29.7 Å². The summed E-state index contributed by atoms with van der Waals surface area (Å²) in [5.74, 6) is 0.312. The van der Waals surface area contributed by atoms with Gasteiger partial charge in [0.2, 0.25) is 0 Å². The molecule has 0 aliphatic carbocycles. The molecule has 0 unspecified atom stereocenters. The van der Waals surface area contributed by atoms with Crippen LogP contribution in [0.25, 0.3) is 5.65 Å². The fraction of sp³-hybridized carbons (Fsp3) is 0.526. The Kier molecular flexibility index (Phi) is 5.44. The molecule has 3 rings (SSSR count). The van der Waals surface area contributed by atoms with Crippen molar-refractivity contribution in [1.82, 2.24) is 14.3 Å². The second kappa shape index (κ2) is 7.76. The van der Waals surface area contributed by atoms with Crippen LogP contribution < -0.4 is 4.74 Å². The van der Waals surface area contributed by atoms with E-state index in [0.717, 1.165) is 5.69 Å². The maximum atomic E-state index is 13.2.